The van der Waals surface area contributed by atoms with Crippen molar-refractivity contribution in [3.8, 4) is 0 Å². The van der Waals surface area contributed by atoms with E-state index in [9.17, 15) is 14.9 Å². The van der Waals surface area contributed by atoms with E-state index in [1.807, 2.05) is 13.0 Å². The van der Waals surface area contributed by atoms with Crippen molar-refractivity contribution < 1.29 is 9.72 Å². The van der Waals surface area contributed by atoms with Gasteiger partial charge >= 0.3 is 0 Å². The van der Waals surface area contributed by atoms with Gasteiger partial charge in [-0.25, -0.2) is 0 Å². The molecule has 0 aliphatic heterocycles. The fourth-order valence-corrected chi connectivity index (χ4v) is 1.51. The van der Waals surface area contributed by atoms with Gasteiger partial charge in [-0.1, -0.05) is 19.1 Å². The molecule has 0 atom stereocenters. The van der Waals surface area contributed by atoms with Crippen LogP contribution in [0.25, 0.3) is 0 Å². The monoisotopic (exact) mass is 221 g/mol. The van der Waals surface area contributed by atoms with Gasteiger partial charge in [0, 0.05) is 25.0 Å². The van der Waals surface area contributed by atoms with Crippen LogP contribution in [0.1, 0.15) is 31.7 Å². The van der Waals surface area contributed by atoms with Crippen LogP contribution in [0.15, 0.2) is 24.3 Å². The maximum Gasteiger partial charge on any atom is 0.269 e. The third kappa shape index (κ3) is 3.81. The van der Waals surface area contributed by atoms with Gasteiger partial charge < -0.3 is 0 Å². The van der Waals surface area contributed by atoms with Crippen molar-refractivity contribution in [1.29, 1.82) is 0 Å². The predicted molar refractivity (Wildman–Crippen MR) is 61.3 cm³/mol. The standard InChI is InChI=1S/C12H15NO3/c1-2-4-12(14)8-7-10-5-3-6-11(9-10)13(15)16/h3,5-6,9H,2,4,7-8H2,1H3. The number of nitro groups is 1. The number of Topliss-reactive ketones (excluding diaryl/α,β-unsaturated/α-hetero) is 1. The number of nitrogens with zero attached hydrogens (tertiary/aromatic N) is 1. The Morgan fingerprint density at radius 3 is 2.75 bits per heavy atom. The minimum absolute atomic E-state index is 0.0837. The van der Waals surface area contributed by atoms with Crippen LogP contribution in [-0.4, -0.2) is 10.7 Å². The summed E-state index contributed by atoms with van der Waals surface area (Å²) in [4.78, 5) is 21.4. The van der Waals surface area contributed by atoms with Crippen LogP contribution in [0.2, 0.25) is 0 Å². The molecule has 1 aromatic rings. The molecule has 0 fully saturated rings. The lowest BCUT2D eigenvalue weighted by atomic mass is 10.0. The minimum atomic E-state index is -0.419. The van der Waals surface area contributed by atoms with E-state index in [1.165, 1.54) is 12.1 Å². The predicted octanol–water partition coefficient (Wildman–Crippen LogP) is 2.90. The Balaban J connectivity index is 2.57. The number of hydrogen-bond acceptors (Lipinski definition) is 3. The first kappa shape index (κ1) is 12.4. The molecule has 0 amide bonds. The largest absolute Gasteiger partial charge is 0.300 e. The van der Waals surface area contributed by atoms with E-state index in [0.29, 0.717) is 19.3 Å². The Morgan fingerprint density at radius 2 is 2.12 bits per heavy atom. The topological polar surface area (TPSA) is 60.2 Å². The quantitative estimate of drug-likeness (QED) is 0.548. The Hall–Kier alpha value is -1.71. The molecule has 0 heterocycles. The average molecular weight is 221 g/mol. The van der Waals surface area contributed by atoms with Crippen molar-refractivity contribution in [3.05, 3.63) is 39.9 Å². The number of hydrogen-bond donors (Lipinski definition) is 0. The van der Waals surface area contributed by atoms with Gasteiger partial charge in [-0.05, 0) is 18.4 Å². The number of aryl methyl sites for hydroxylation is 1. The zero-order valence-electron chi connectivity index (χ0n) is 9.31. The summed E-state index contributed by atoms with van der Waals surface area (Å²) >= 11 is 0. The Morgan fingerprint density at radius 1 is 1.38 bits per heavy atom. The Bertz CT molecular complexity index is 388. The van der Waals surface area contributed by atoms with Crippen LogP contribution in [0.3, 0.4) is 0 Å². The number of carbonyl (C=O) groups is 1. The summed E-state index contributed by atoms with van der Waals surface area (Å²) in [5.74, 6) is 0.217. The summed E-state index contributed by atoms with van der Waals surface area (Å²) in [5.41, 5.74) is 0.930. The van der Waals surface area contributed by atoms with Crippen LogP contribution in [0.4, 0.5) is 5.69 Å². The number of ketones is 1. The van der Waals surface area contributed by atoms with Crippen molar-refractivity contribution >= 4 is 11.5 Å². The third-order valence-corrected chi connectivity index (χ3v) is 2.34. The zero-order valence-corrected chi connectivity index (χ0v) is 9.31. The molecule has 0 N–H and O–H groups in total. The van der Waals surface area contributed by atoms with Crippen LogP contribution in [0, 0.1) is 10.1 Å². The van der Waals surface area contributed by atoms with Crippen LogP contribution >= 0.6 is 0 Å². The van der Waals surface area contributed by atoms with Crippen LogP contribution in [0.5, 0.6) is 0 Å². The molecular weight excluding hydrogens is 206 g/mol. The van der Waals surface area contributed by atoms with Crippen molar-refractivity contribution in [3.63, 3.8) is 0 Å². The van der Waals surface area contributed by atoms with Crippen LogP contribution < -0.4 is 0 Å². The van der Waals surface area contributed by atoms with E-state index in [2.05, 4.69) is 0 Å². The lowest BCUT2D eigenvalue weighted by molar-refractivity contribution is -0.384. The maximum absolute atomic E-state index is 11.3. The van der Waals surface area contributed by atoms with Gasteiger partial charge in [-0.2, -0.15) is 0 Å². The van der Waals surface area contributed by atoms with E-state index in [4.69, 9.17) is 0 Å². The molecule has 0 aliphatic carbocycles. The molecule has 0 spiro atoms. The molecule has 1 aromatic carbocycles. The smallest absolute Gasteiger partial charge is 0.269 e. The maximum atomic E-state index is 11.3. The zero-order chi connectivity index (χ0) is 12.0. The molecule has 0 aromatic heterocycles. The average Bonchev–Trinajstić information content (AvgIpc) is 2.27. The second-order valence-corrected chi connectivity index (χ2v) is 3.72. The molecule has 1 rings (SSSR count). The van der Waals surface area contributed by atoms with E-state index in [-0.39, 0.29) is 11.5 Å². The third-order valence-electron chi connectivity index (χ3n) is 2.34. The van der Waals surface area contributed by atoms with Gasteiger partial charge in [0.2, 0.25) is 0 Å². The molecule has 0 saturated carbocycles. The number of nitro benzene ring substituents is 1. The molecule has 0 radical (unpaired) electrons. The van der Waals surface area contributed by atoms with E-state index >= 15 is 0 Å². The van der Waals surface area contributed by atoms with E-state index < -0.39 is 4.92 Å². The van der Waals surface area contributed by atoms with Crippen molar-refractivity contribution in [2.75, 3.05) is 0 Å². The van der Waals surface area contributed by atoms with E-state index in [0.717, 1.165) is 12.0 Å². The molecule has 4 heteroatoms. The number of carbonyl (C=O) groups excluding carboxylic acids is 1. The Kier molecular flexibility index (Phi) is 4.64. The van der Waals surface area contributed by atoms with Crippen molar-refractivity contribution in [2.45, 2.75) is 32.6 Å². The highest BCUT2D eigenvalue weighted by atomic mass is 16.6. The Labute approximate surface area is 94.4 Å². The first-order chi connectivity index (χ1) is 7.63. The van der Waals surface area contributed by atoms with Gasteiger partial charge in [-0.15, -0.1) is 0 Å². The van der Waals surface area contributed by atoms with Gasteiger partial charge in [0.05, 0.1) is 4.92 Å². The molecule has 0 saturated heterocycles. The van der Waals surface area contributed by atoms with Gasteiger partial charge in [0.1, 0.15) is 5.78 Å². The molecule has 0 unspecified atom stereocenters. The number of benzene rings is 1. The highest BCUT2D eigenvalue weighted by molar-refractivity contribution is 5.78. The summed E-state index contributed by atoms with van der Waals surface area (Å²) < 4.78 is 0. The molecule has 4 nitrogen and oxygen atoms in total. The molecule has 16 heavy (non-hydrogen) atoms. The lowest BCUT2D eigenvalue weighted by Crippen LogP contribution is -1.99. The fraction of sp³-hybridized carbons (Fsp3) is 0.417. The first-order valence-corrected chi connectivity index (χ1v) is 5.38. The van der Waals surface area contributed by atoms with Crippen molar-refractivity contribution in [1.82, 2.24) is 0 Å². The summed E-state index contributed by atoms with van der Waals surface area (Å²) in [6, 6.07) is 6.45. The molecule has 0 bridgehead atoms. The normalized spacial score (nSPS) is 10.1. The summed E-state index contributed by atoms with van der Waals surface area (Å²) in [6.45, 7) is 1.96. The van der Waals surface area contributed by atoms with Crippen LogP contribution in [-0.2, 0) is 11.2 Å². The van der Waals surface area contributed by atoms with Gasteiger partial charge in [0.25, 0.3) is 5.69 Å². The first-order valence-electron chi connectivity index (χ1n) is 5.38. The SMILES string of the molecule is CCCC(=O)CCc1cccc([N+](=O)[O-])c1. The second kappa shape index (κ2) is 6.00. The lowest BCUT2D eigenvalue weighted by Gasteiger charge is -2.00. The molecular formula is C12H15NO3. The van der Waals surface area contributed by atoms with E-state index in [1.54, 1.807) is 6.07 Å². The minimum Gasteiger partial charge on any atom is -0.300 e. The summed E-state index contributed by atoms with van der Waals surface area (Å²) in [5, 5.41) is 10.5. The van der Waals surface area contributed by atoms with Gasteiger partial charge in [0.15, 0.2) is 0 Å². The number of rotatable bonds is 6. The fourth-order valence-electron chi connectivity index (χ4n) is 1.51. The highest BCUT2D eigenvalue weighted by Crippen LogP contribution is 2.14. The van der Waals surface area contributed by atoms with Crippen molar-refractivity contribution in [2.24, 2.45) is 0 Å². The summed E-state index contributed by atoms with van der Waals surface area (Å²) in [7, 11) is 0. The summed E-state index contributed by atoms with van der Waals surface area (Å²) in [6.07, 6.45) is 2.50. The number of non-ortho nitro benzene ring substituents is 1. The highest BCUT2D eigenvalue weighted by Gasteiger charge is 2.07. The molecule has 0 aliphatic rings. The second-order valence-electron chi connectivity index (χ2n) is 3.72. The van der Waals surface area contributed by atoms with Gasteiger partial charge in [-0.3, -0.25) is 14.9 Å². The molecule has 86 valence electrons.